The van der Waals surface area contributed by atoms with E-state index in [-0.39, 0.29) is 11.7 Å². The maximum atomic E-state index is 13.5. The molecule has 35 heavy (non-hydrogen) atoms. The van der Waals surface area contributed by atoms with Crippen LogP contribution in [-0.2, 0) is 16.0 Å². The van der Waals surface area contributed by atoms with Crippen LogP contribution in [0.3, 0.4) is 0 Å². The van der Waals surface area contributed by atoms with Crippen LogP contribution >= 0.6 is 0 Å². The second kappa shape index (κ2) is 9.98. The molecule has 2 heterocycles. The number of aryl methyl sites for hydroxylation is 1. The third kappa shape index (κ3) is 5.76. The van der Waals surface area contributed by atoms with Gasteiger partial charge in [0.05, 0.1) is 11.6 Å². The first kappa shape index (κ1) is 24.6. The Morgan fingerprint density at radius 2 is 1.83 bits per heavy atom. The number of rotatable bonds is 5. The van der Waals surface area contributed by atoms with Gasteiger partial charge in [0.2, 0.25) is 0 Å². The van der Waals surface area contributed by atoms with Gasteiger partial charge in [-0.25, -0.2) is 4.79 Å². The van der Waals surface area contributed by atoms with Crippen LogP contribution in [0.15, 0.2) is 54.6 Å². The van der Waals surface area contributed by atoms with Crippen molar-refractivity contribution >= 4 is 29.1 Å². The lowest BCUT2D eigenvalue weighted by atomic mass is 9.87. The van der Waals surface area contributed by atoms with E-state index in [1.807, 2.05) is 49.4 Å². The molecule has 0 aliphatic carbocycles. The van der Waals surface area contributed by atoms with Crippen LogP contribution in [0.5, 0.6) is 0 Å². The topological polar surface area (TPSA) is 76.6 Å². The molecule has 6 nitrogen and oxygen atoms in total. The van der Waals surface area contributed by atoms with Crippen molar-refractivity contribution in [1.82, 2.24) is 9.88 Å². The predicted octanol–water partition coefficient (Wildman–Crippen LogP) is 5.53. The fraction of sp³-hybridized carbons (Fsp3) is 0.379. The lowest BCUT2D eigenvalue weighted by molar-refractivity contribution is -0.112. The van der Waals surface area contributed by atoms with E-state index in [9.17, 15) is 14.4 Å². The Labute approximate surface area is 206 Å². The molecular formula is C29H32N2O4. The molecule has 1 aromatic heterocycles. The number of para-hydroxylation sites is 1. The van der Waals surface area contributed by atoms with Crippen LogP contribution in [0.2, 0.25) is 0 Å². The molecule has 2 unspecified atom stereocenters. The van der Waals surface area contributed by atoms with Crippen molar-refractivity contribution in [3.63, 3.8) is 0 Å². The zero-order chi connectivity index (χ0) is 25.2. The Morgan fingerprint density at radius 3 is 2.51 bits per heavy atom. The number of fused-ring (bicyclic) bond motifs is 1. The van der Waals surface area contributed by atoms with Gasteiger partial charge in [0, 0.05) is 29.1 Å². The molecule has 2 aromatic carbocycles. The highest BCUT2D eigenvalue weighted by Gasteiger charge is 2.38. The standard InChI is InChI=1S/C29H32N2O4/c1-19-15-23(24-7-5-6-8-25(24)30-19)16-20-9-11-22(12-10-20)27(33)26-17-21(18-32)13-14-31(26)28(34)35-29(2,3)4/h5-12,15,18,21,26H,13-14,16-17H2,1-4H3. The molecule has 3 aromatic rings. The number of carbonyl (C=O) groups excluding carboxylic acids is 3. The van der Waals surface area contributed by atoms with Crippen molar-refractivity contribution in [3.05, 3.63) is 77.0 Å². The number of benzene rings is 2. The largest absolute Gasteiger partial charge is 0.444 e. The molecule has 182 valence electrons. The van der Waals surface area contributed by atoms with E-state index in [0.29, 0.717) is 24.9 Å². The number of piperidine rings is 1. The monoisotopic (exact) mass is 472 g/mol. The summed E-state index contributed by atoms with van der Waals surface area (Å²) in [7, 11) is 0. The van der Waals surface area contributed by atoms with Gasteiger partial charge in [-0.3, -0.25) is 14.7 Å². The molecule has 1 aliphatic rings. The second-order valence-electron chi connectivity index (χ2n) is 10.3. The van der Waals surface area contributed by atoms with Crippen LogP contribution in [-0.4, -0.2) is 46.2 Å². The summed E-state index contributed by atoms with van der Waals surface area (Å²) in [6.45, 7) is 7.70. The van der Waals surface area contributed by atoms with Crippen molar-refractivity contribution in [2.24, 2.45) is 5.92 Å². The molecule has 1 aliphatic heterocycles. The molecule has 1 fully saturated rings. The number of aldehydes is 1. The highest BCUT2D eigenvalue weighted by molar-refractivity contribution is 6.01. The van der Waals surface area contributed by atoms with Crippen LogP contribution in [0.4, 0.5) is 4.79 Å². The molecular weight excluding hydrogens is 440 g/mol. The lowest BCUT2D eigenvalue weighted by Crippen LogP contribution is -2.51. The zero-order valence-corrected chi connectivity index (χ0v) is 20.8. The molecule has 1 amide bonds. The van der Waals surface area contributed by atoms with E-state index in [0.717, 1.165) is 34.9 Å². The van der Waals surface area contributed by atoms with Gasteiger partial charge in [0.1, 0.15) is 11.9 Å². The van der Waals surface area contributed by atoms with Crippen LogP contribution < -0.4 is 0 Å². The van der Waals surface area contributed by atoms with Crippen LogP contribution in [0.25, 0.3) is 10.9 Å². The smallest absolute Gasteiger partial charge is 0.410 e. The SMILES string of the molecule is Cc1cc(Cc2ccc(C(=O)C3CC(C=O)CCN3C(=O)OC(C)(C)C)cc2)c2ccccc2n1. The normalized spacial score (nSPS) is 18.3. The predicted molar refractivity (Wildman–Crippen MR) is 136 cm³/mol. The van der Waals surface area contributed by atoms with Crippen molar-refractivity contribution in [2.75, 3.05) is 6.54 Å². The third-order valence-electron chi connectivity index (χ3n) is 6.33. The van der Waals surface area contributed by atoms with Crippen molar-refractivity contribution in [1.29, 1.82) is 0 Å². The number of amides is 1. The lowest BCUT2D eigenvalue weighted by Gasteiger charge is -2.37. The number of aromatic nitrogens is 1. The van der Waals surface area contributed by atoms with Crippen molar-refractivity contribution < 1.29 is 19.1 Å². The number of carbonyl (C=O) groups is 3. The minimum atomic E-state index is -0.716. The van der Waals surface area contributed by atoms with E-state index in [1.165, 1.54) is 10.5 Å². The van der Waals surface area contributed by atoms with Crippen molar-refractivity contribution in [3.8, 4) is 0 Å². The molecule has 0 N–H and O–H groups in total. The Balaban J connectivity index is 1.55. The quantitative estimate of drug-likeness (QED) is 0.360. The van der Waals surface area contributed by atoms with Gasteiger partial charge in [0.25, 0.3) is 0 Å². The maximum Gasteiger partial charge on any atom is 0.410 e. The number of ketones is 1. The van der Waals surface area contributed by atoms with E-state index >= 15 is 0 Å². The van der Waals surface area contributed by atoms with E-state index in [1.54, 1.807) is 20.8 Å². The highest BCUT2D eigenvalue weighted by Crippen LogP contribution is 2.27. The first-order valence-electron chi connectivity index (χ1n) is 12.1. The fourth-order valence-electron chi connectivity index (χ4n) is 4.64. The van der Waals surface area contributed by atoms with Crippen LogP contribution in [0.1, 0.15) is 60.8 Å². The van der Waals surface area contributed by atoms with Gasteiger partial charge >= 0.3 is 6.09 Å². The summed E-state index contributed by atoms with van der Waals surface area (Å²) in [6, 6.07) is 17.0. The molecule has 0 spiro atoms. The number of ether oxygens (including phenoxy) is 1. The molecule has 1 saturated heterocycles. The fourth-order valence-corrected chi connectivity index (χ4v) is 4.64. The number of likely N-dealkylation sites (tertiary alicyclic amines) is 1. The Bertz CT molecular complexity index is 1240. The summed E-state index contributed by atoms with van der Waals surface area (Å²) >= 11 is 0. The van der Waals surface area contributed by atoms with Gasteiger partial charge in [0.15, 0.2) is 5.78 Å². The Hall–Kier alpha value is -3.54. The van der Waals surface area contributed by atoms with Gasteiger partial charge in [-0.1, -0.05) is 42.5 Å². The van der Waals surface area contributed by atoms with Crippen molar-refractivity contribution in [2.45, 2.75) is 58.6 Å². The first-order chi connectivity index (χ1) is 16.6. The minimum absolute atomic E-state index is 0.167. The first-order valence-corrected chi connectivity index (χ1v) is 12.1. The number of hydrogen-bond donors (Lipinski definition) is 0. The molecule has 4 rings (SSSR count). The second-order valence-corrected chi connectivity index (χ2v) is 10.3. The van der Waals surface area contributed by atoms with Gasteiger partial charge in [-0.15, -0.1) is 0 Å². The zero-order valence-electron chi connectivity index (χ0n) is 20.8. The van der Waals surface area contributed by atoms with Gasteiger partial charge in [-0.05, 0) is 70.2 Å². The minimum Gasteiger partial charge on any atom is -0.444 e. The third-order valence-corrected chi connectivity index (χ3v) is 6.33. The summed E-state index contributed by atoms with van der Waals surface area (Å²) in [6.07, 6.45) is 1.93. The van der Waals surface area contributed by atoms with E-state index in [4.69, 9.17) is 4.74 Å². The number of Topliss-reactive ketones (excluding diaryl/α,β-unsaturated/α-hetero) is 1. The van der Waals surface area contributed by atoms with Gasteiger partial charge < -0.3 is 9.53 Å². The van der Waals surface area contributed by atoms with Crippen LogP contribution in [0, 0.1) is 12.8 Å². The number of nitrogens with zero attached hydrogens (tertiary/aromatic N) is 2. The Morgan fingerprint density at radius 1 is 1.11 bits per heavy atom. The Kier molecular flexibility index (Phi) is 7.01. The molecule has 0 saturated carbocycles. The van der Waals surface area contributed by atoms with E-state index in [2.05, 4.69) is 17.1 Å². The molecule has 6 heteroatoms. The highest BCUT2D eigenvalue weighted by atomic mass is 16.6. The van der Waals surface area contributed by atoms with Gasteiger partial charge in [-0.2, -0.15) is 0 Å². The average molecular weight is 473 g/mol. The van der Waals surface area contributed by atoms with E-state index < -0.39 is 17.7 Å². The summed E-state index contributed by atoms with van der Waals surface area (Å²) < 4.78 is 5.53. The summed E-state index contributed by atoms with van der Waals surface area (Å²) in [5, 5.41) is 1.12. The molecule has 0 radical (unpaired) electrons. The summed E-state index contributed by atoms with van der Waals surface area (Å²) in [4.78, 5) is 43.8. The molecule has 0 bridgehead atoms. The summed E-state index contributed by atoms with van der Waals surface area (Å²) in [5.41, 5.74) is 4.06. The summed E-state index contributed by atoms with van der Waals surface area (Å²) in [5.74, 6) is -0.413. The average Bonchev–Trinajstić information content (AvgIpc) is 2.82. The molecule has 2 atom stereocenters. The maximum absolute atomic E-state index is 13.5. The number of pyridine rings is 1. The number of hydrogen-bond acceptors (Lipinski definition) is 5.